The number of likely N-dealkylation sites (N-methyl/N-ethyl adjacent to an activating group) is 2. The first-order chi connectivity index (χ1) is 15.0. The second-order valence-electron chi connectivity index (χ2n) is 7.12. The summed E-state index contributed by atoms with van der Waals surface area (Å²) in [6.07, 6.45) is 1.80. The average Bonchev–Trinajstić information content (AvgIpc) is 3.25. The number of hydrogen-bond acceptors (Lipinski definition) is 4. The summed E-state index contributed by atoms with van der Waals surface area (Å²) in [6.45, 7) is 0. The average molecular weight is 655 g/mol. The van der Waals surface area contributed by atoms with E-state index in [1.807, 2.05) is 0 Å². The maximum atomic E-state index is 12.7. The first kappa shape index (κ1) is 21.1. The van der Waals surface area contributed by atoms with Crippen LogP contribution in [-0.2, 0) is 9.59 Å². The predicted octanol–water partition coefficient (Wildman–Crippen LogP) is 3.25. The molecule has 1 fully saturated rings. The second-order valence-corrected chi connectivity index (χ2v) is 12.4. The number of carbonyl (C=O) groups excluding carboxylic acids is 2. The molecule has 1 aromatic heterocycles. The molecule has 0 spiro atoms. The normalized spacial score (nSPS) is 15.9. The van der Waals surface area contributed by atoms with Gasteiger partial charge in [0.1, 0.15) is 0 Å². The van der Waals surface area contributed by atoms with Crippen LogP contribution in [0.5, 0.6) is 0 Å². The molecule has 0 saturated carbocycles. The summed E-state index contributed by atoms with van der Waals surface area (Å²) in [5, 5.41) is 0. The van der Waals surface area contributed by atoms with Gasteiger partial charge in [0.2, 0.25) is 0 Å². The third kappa shape index (κ3) is 3.61. The van der Waals surface area contributed by atoms with Crippen LogP contribution in [0.3, 0.4) is 0 Å². The van der Waals surface area contributed by atoms with Gasteiger partial charge in [0, 0.05) is 0 Å². The molecule has 1 saturated heterocycles. The Labute approximate surface area is 207 Å². The molecule has 0 atom stereocenters. The van der Waals surface area contributed by atoms with Crippen LogP contribution in [0.15, 0.2) is 76.0 Å². The van der Waals surface area contributed by atoms with Crippen molar-refractivity contribution in [3.8, 4) is 0 Å². The number of carbonyl (C=O) groups is 2. The molecule has 0 N–H and O–H groups in total. The molecular weight excluding hydrogens is 638 g/mol. The second kappa shape index (κ2) is 8.28. The van der Waals surface area contributed by atoms with E-state index in [1.54, 1.807) is 53.8 Å². The Kier molecular flexibility index (Phi) is 5.63. The number of rotatable bonds is 2. The van der Waals surface area contributed by atoms with E-state index >= 15 is 0 Å². The van der Waals surface area contributed by atoms with E-state index in [9.17, 15) is 9.59 Å². The summed E-state index contributed by atoms with van der Waals surface area (Å²) in [7, 11) is 3.42. The molecule has 31 heavy (non-hydrogen) atoms. The quantitative estimate of drug-likeness (QED) is 0.189. The first-order valence-electron chi connectivity index (χ1n) is 9.53. The molecule has 5 rings (SSSR count). The summed E-state index contributed by atoms with van der Waals surface area (Å²) in [6, 6.07) is 21.1. The summed E-state index contributed by atoms with van der Waals surface area (Å²) in [5.41, 5.74) is 2.60. The molecule has 2 aliphatic heterocycles. The number of hydrogen-bond donors (Lipinski definition) is 0. The minimum atomic E-state index is -0.778. The van der Waals surface area contributed by atoms with Gasteiger partial charge in [-0.2, -0.15) is 0 Å². The van der Waals surface area contributed by atoms with Crippen LogP contribution >= 0.6 is 11.8 Å². The van der Waals surface area contributed by atoms with Gasteiger partial charge in [0.15, 0.2) is 0 Å². The minimum absolute atomic E-state index is 0.235. The standard InChI is InChI=1S/C23H17N3O2STe2/c1-24-21(27)15(22(28)25(2)23(24)30)13-14-11-12-20(31-14)26-16-7-3-5-9-18(16)29-19-10-6-4-8-17(19)26/h3-13H,1-2H3. The first-order valence-corrected chi connectivity index (χ1v) is 13.8. The summed E-state index contributed by atoms with van der Waals surface area (Å²) in [5.74, 6) is -0.481. The van der Waals surface area contributed by atoms with Crippen LogP contribution in [0.2, 0.25) is 0 Å². The van der Waals surface area contributed by atoms with Gasteiger partial charge < -0.3 is 0 Å². The Bertz CT molecular complexity index is 1210. The zero-order chi connectivity index (χ0) is 21.7. The van der Waals surface area contributed by atoms with Gasteiger partial charge in [-0.3, -0.25) is 0 Å². The SMILES string of the molecule is CN1C(=O)C(=Cc2ccc(N3c4ccccc4Sc4ccccc43)[te]2)C(=O)N(C)C1=[Te]. The fourth-order valence-electron chi connectivity index (χ4n) is 3.60. The molecule has 3 heterocycles. The van der Waals surface area contributed by atoms with Gasteiger partial charge in [-0.1, -0.05) is 0 Å². The number of amides is 2. The Morgan fingerprint density at radius 3 is 1.97 bits per heavy atom. The van der Waals surface area contributed by atoms with Crippen LogP contribution in [0.25, 0.3) is 6.08 Å². The third-order valence-corrected chi connectivity index (χ3v) is 10.8. The van der Waals surface area contributed by atoms with E-state index in [0.29, 0.717) is 3.80 Å². The molecule has 0 radical (unpaired) electrons. The third-order valence-electron chi connectivity index (χ3n) is 5.20. The fourth-order valence-corrected chi connectivity index (χ4v) is 7.92. The predicted molar refractivity (Wildman–Crippen MR) is 126 cm³/mol. The van der Waals surface area contributed by atoms with E-state index < -0.39 is 20.4 Å². The zero-order valence-corrected chi connectivity index (χ0v) is 22.2. The topological polar surface area (TPSA) is 43.9 Å². The van der Waals surface area contributed by atoms with Crippen molar-refractivity contribution in [1.29, 1.82) is 0 Å². The number of fused-ring (bicyclic) bond motifs is 2. The fraction of sp³-hybridized carbons (Fsp3) is 0.0870. The van der Waals surface area contributed by atoms with E-state index in [0.717, 1.165) is 3.58 Å². The van der Waals surface area contributed by atoms with E-state index in [2.05, 4.69) is 65.6 Å². The van der Waals surface area contributed by atoms with Crippen LogP contribution < -0.4 is 4.90 Å². The Morgan fingerprint density at radius 2 is 1.39 bits per heavy atom. The molecule has 154 valence electrons. The van der Waals surface area contributed by atoms with Gasteiger partial charge in [-0.05, 0) is 0 Å². The van der Waals surface area contributed by atoms with Crippen molar-refractivity contribution in [3.63, 3.8) is 0 Å². The zero-order valence-electron chi connectivity index (χ0n) is 16.7. The Balaban J connectivity index is 1.57. The number of para-hydroxylation sites is 2. The molecule has 3 aromatic rings. The Hall–Kier alpha value is -1.80. The van der Waals surface area contributed by atoms with Crippen molar-refractivity contribution >= 4 is 90.8 Å². The molecule has 0 unspecified atom stereocenters. The van der Waals surface area contributed by atoms with Gasteiger partial charge in [0.25, 0.3) is 0 Å². The summed E-state index contributed by atoms with van der Waals surface area (Å²) < 4.78 is 2.98. The van der Waals surface area contributed by atoms with Crippen molar-refractivity contribution < 1.29 is 9.59 Å². The molecule has 0 aliphatic carbocycles. The van der Waals surface area contributed by atoms with Gasteiger partial charge >= 0.3 is 209 Å². The van der Waals surface area contributed by atoms with Gasteiger partial charge in [0.05, 0.1) is 0 Å². The molecular formula is C23H17N3O2STe2. The molecule has 2 amide bonds. The molecule has 8 heteroatoms. The van der Waals surface area contributed by atoms with Crippen molar-refractivity contribution in [2.45, 2.75) is 9.79 Å². The van der Waals surface area contributed by atoms with Crippen LogP contribution in [0, 0.1) is 0 Å². The number of benzene rings is 2. The van der Waals surface area contributed by atoms with Gasteiger partial charge in [-0.25, -0.2) is 0 Å². The van der Waals surface area contributed by atoms with Crippen molar-refractivity contribution in [1.82, 2.24) is 9.80 Å². The van der Waals surface area contributed by atoms with Gasteiger partial charge in [-0.15, -0.1) is 0 Å². The van der Waals surface area contributed by atoms with Crippen LogP contribution in [0.4, 0.5) is 15.1 Å². The molecule has 2 aromatic carbocycles. The molecule has 0 bridgehead atoms. The van der Waals surface area contributed by atoms with Crippen molar-refractivity contribution in [2.24, 2.45) is 0 Å². The van der Waals surface area contributed by atoms with Crippen LogP contribution in [0.1, 0.15) is 3.58 Å². The molecule has 2 aliphatic rings. The van der Waals surface area contributed by atoms with Crippen molar-refractivity contribution in [2.75, 3.05) is 19.0 Å². The molecule has 5 nitrogen and oxygen atoms in total. The Morgan fingerprint density at radius 1 is 0.839 bits per heavy atom. The van der Waals surface area contributed by atoms with E-state index in [4.69, 9.17) is 0 Å². The van der Waals surface area contributed by atoms with Crippen LogP contribution in [-0.4, -0.2) is 81.8 Å². The van der Waals surface area contributed by atoms with E-state index in [-0.39, 0.29) is 17.4 Å². The number of anilines is 3. The summed E-state index contributed by atoms with van der Waals surface area (Å²) >= 11 is 2.71. The summed E-state index contributed by atoms with van der Waals surface area (Å²) in [4.78, 5) is 33.4. The van der Waals surface area contributed by atoms with E-state index in [1.165, 1.54) is 34.7 Å². The number of nitrogens with zero attached hydrogens (tertiary/aromatic N) is 3. The monoisotopic (exact) mass is 659 g/mol. The maximum absolute atomic E-state index is 12.7. The van der Waals surface area contributed by atoms with Crippen molar-refractivity contribution in [3.05, 3.63) is 69.8 Å².